The number of aromatic amines is 1. The van der Waals surface area contributed by atoms with Gasteiger partial charge in [0.05, 0.1) is 5.52 Å². The lowest BCUT2D eigenvalue weighted by atomic mass is 10.0. The molecule has 0 spiro atoms. The molecule has 1 N–H and O–H groups in total. The van der Waals surface area contributed by atoms with Gasteiger partial charge < -0.3 is 14.5 Å². The predicted molar refractivity (Wildman–Crippen MR) is 69.8 cm³/mol. The van der Waals surface area contributed by atoms with Crippen LogP contribution in [0.15, 0.2) is 42.6 Å². The Morgan fingerprint density at radius 3 is 2.84 bits per heavy atom. The lowest BCUT2D eigenvalue weighted by molar-refractivity contribution is 0.174. The molecule has 3 nitrogen and oxygen atoms in total. The summed E-state index contributed by atoms with van der Waals surface area (Å²) in [5.41, 5.74) is 2.70. The molecule has 0 aliphatic carbocycles. The molecule has 0 atom stereocenters. The summed E-state index contributed by atoms with van der Waals surface area (Å²) in [5, 5.41) is 0.593. The first-order valence-corrected chi connectivity index (χ1v) is 5.98. The quantitative estimate of drug-likeness (QED) is 0.719. The van der Waals surface area contributed by atoms with Gasteiger partial charge in [0.2, 0.25) is 6.79 Å². The summed E-state index contributed by atoms with van der Waals surface area (Å²) in [6, 6.07) is 10.7. The van der Waals surface area contributed by atoms with Gasteiger partial charge in [-0.05, 0) is 35.9 Å². The van der Waals surface area contributed by atoms with E-state index in [9.17, 15) is 4.39 Å². The minimum absolute atomic E-state index is 0.222. The number of hydrogen-bond donors (Lipinski definition) is 1. The fourth-order valence-corrected chi connectivity index (χ4v) is 2.43. The molecule has 4 heteroatoms. The zero-order chi connectivity index (χ0) is 12.8. The van der Waals surface area contributed by atoms with Crippen LogP contribution in [0.25, 0.3) is 22.0 Å². The van der Waals surface area contributed by atoms with Gasteiger partial charge in [-0.1, -0.05) is 6.07 Å². The zero-order valence-electron chi connectivity index (χ0n) is 9.94. The number of aromatic nitrogens is 1. The maximum Gasteiger partial charge on any atom is 0.231 e. The zero-order valence-corrected chi connectivity index (χ0v) is 9.94. The number of rotatable bonds is 1. The second-order valence-corrected chi connectivity index (χ2v) is 4.43. The highest BCUT2D eigenvalue weighted by Gasteiger charge is 2.15. The molecule has 19 heavy (non-hydrogen) atoms. The van der Waals surface area contributed by atoms with Crippen molar-refractivity contribution in [3.63, 3.8) is 0 Å². The van der Waals surface area contributed by atoms with Crippen molar-refractivity contribution < 1.29 is 13.9 Å². The van der Waals surface area contributed by atoms with Crippen molar-refractivity contribution in [2.45, 2.75) is 0 Å². The largest absolute Gasteiger partial charge is 0.454 e. The van der Waals surface area contributed by atoms with Crippen LogP contribution in [-0.4, -0.2) is 11.8 Å². The van der Waals surface area contributed by atoms with Gasteiger partial charge in [0.1, 0.15) is 5.82 Å². The molecule has 1 aliphatic rings. The molecular formula is C15H10FNO2. The Labute approximate surface area is 108 Å². The van der Waals surface area contributed by atoms with E-state index < -0.39 is 0 Å². The third-order valence-corrected chi connectivity index (χ3v) is 3.35. The molecule has 0 fully saturated rings. The first-order valence-electron chi connectivity index (χ1n) is 5.98. The average molecular weight is 255 g/mol. The van der Waals surface area contributed by atoms with Crippen molar-refractivity contribution in [2.24, 2.45) is 0 Å². The molecule has 0 bridgehead atoms. The lowest BCUT2D eigenvalue weighted by Gasteiger charge is -2.06. The third-order valence-electron chi connectivity index (χ3n) is 3.35. The summed E-state index contributed by atoms with van der Waals surface area (Å²) >= 11 is 0. The summed E-state index contributed by atoms with van der Waals surface area (Å²) in [4.78, 5) is 3.08. The molecule has 4 rings (SSSR count). The molecular weight excluding hydrogens is 245 g/mol. The first-order chi connectivity index (χ1) is 9.33. The number of ether oxygens (including phenoxy) is 2. The molecule has 0 saturated heterocycles. The van der Waals surface area contributed by atoms with Gasteiger partial charge in [-0.3, -0.25) is 0 Å². The van der Waals surface area contributed by atoms with Crippen LogP contribution in [-0.2, 0) is 0 Å². The maximum atomic E-state index is 13.7. The van der Waals surface area contributed by atoms with Gasteiger partial charge in [-0.15, -0.1) is 0 Å². The van der Waals surface area contributed by atoms with E-state index in [-0.39, 0.29) is 12.6 Å². The minimum Gasteiger partial charge on any atom is -0.454 e. The van der Waals surface area contributed by atoms with Gasteiger partial charge in [0, 0.05) is 17.1 Å². The van der Waals surface area contributed by atoms with Crippen LogP contribution in [0.5, 0.6) is 11.5 Å². The molecule has 1 aliphatic heterocycles. The van der Waals surface area contributed by atoms with E-state index in [0.29, 0.717) is 5.39 Å². The standard InChI is InChI=1S/C15H10FNO2/c16-12-3-2-10(15-11(12)5-6-17-15)9-1-4-13-14(7-9)19-8-18-13/h1-7,17H,8H2. The van der Waals surface area contributed by atoms with Gasteiger partial charge in [0.15, 0.2) is 11.5 Å². The molecule has 3 aromatic rings. The molecule has 1 aromatic heterocycles. The number of nitrogens with one attached hydrogen (secondary N) is 1. The van der Waals surface area contributed by atoms with Crippen LogP contribution in [0.2, 0.25) is 0 Å². The third kappa shape index (κ3) is 1.50. The highest BCUT2D eigenvalue weighted by atomic mass is 19.1. The highest BCUT2D eigenvalue weighted by Crippen LogP contribution is 2.37. The average Bonchev–Trinajstić information content (AvgIpc) is 3.07. The maximum absolute atomic E-state index is 13.7. The van der Waals surface area contributed by atoms with E-state index in [1.54, 1.807) is 18.3 Å². The SMILES string of the molecule is Fc1ccc(-c2ccc3c(c2)OCO3)c2[nH]ccc12. The van der Waals surface area contributed by atoms with Crippen LogP contribution < -0.4 is 9.47 Å². The number of fused-ring (bicyclic) bond motifs is 2. The van der Waals surface area contributed by atoms with E-state index in [1.165, 1.54) is 6.07 Å². The fourth-order valence-electron chi connectivity index (χ4n) is 2.43. The molecule has 94 valence electrons. The smallest absolute Gasteiger partial charge is 0.231 e. The molecule has 2 aromatic carbocycles. The molecule has 0 amide bonds. The summed E-state index contributed by atoms with van der Waals surface area (Å²) in [5.74, 6) is 1.25. The van der Waals surface area contributed by atoms with Crippen LogP contribution in [0.1, 0.15) is 0 Å². The van der Waals surface area contributed by atoms with Crippen molar-refractivity contribution in [1.29, 1.82) is 0 Å². The Morgan fingerprint density at radius 2 is 1.89 bits per heavy atom. The number of H-pyrrole nitrogens is 1. The Hall–Kier alpha value is -2.49. The van der Waals surface area contributed by atoms with Gasteiger partial charge in [-0.25, -0.2) is 4.39 Å². The Kier molecular flexibility index (Phi) is 2.06. The molecule has 2 heterocycles. The Balaban J connectivity index is 1.95. The lowest BCUT2D eigenvalue weighted by Crippen LogP contribution is -1.92. The molecule has 0 saturated carbocycles. The highest BCUT2D eigenvalue weighted by molar-refractivity contribution is 5.94. The second-order valence-electron chi connectivity index (χ2n) is 4.43. The van der Waals surface area contributed by atoms with Gasteiger partial charge >= 0.3 is 0 Å². The van der Waals surface area contributed by atoms with Crippen LogP contribution in [0.3, 0.4) is 0 Å². The van der Waals surface area contributed by atoms with E-state index in [4.69, 9.17) is 9.47 Å². The Bertz CT molecular complexity index is 779. The van der Waals surface area contributed by atoms with Crippen LogP contribution >= 0.6 is 0 Å². The summed E-state index contributed by atoms with van der Waals surface area (Å²) in [6.07, 6.45) is 1.74. The number of halogens is 1. The Morgan fingerprint density at radius 1 is 1.00 bits per heavy atom. The number of hydrogen-bond acceptors (Lipinski definition) is 2. The van der Waals surface area contributed by atoms with Crippen molar-refractivity contribution in [3.8, 4) is 22.6 Å². The van der Waals surface area contributed by atoms with E-state index in [1.807, 2.05) is 18.2 Å². The predicted octanol–water partition coefficient (Wildman–Crippen LogP) is 3.70. The minimum atomic E-state index is -0.222. The van der Waals surface area contributed by atoms with Crippen molar-refractivity contribution in [3.05, 3.63) is 48.4 Å². The molecule has 0 unspecified atom stereocenters. The van der Waals surface area contributed by atoms with E-state index in [2.05, 4.69) is 4.98 Å². The van der Waals surface area contributed by atoms with Crippen molar-refractivity contribution >= 4 is 10.9 Å². The van der Waals surface area contributed by atoms with Crippen LogP contribution in [0.4, 0.5) is 4.39 Å². The monoisotopic (exact) mass is 255 g/mol. The second kappa shape index (κ2) is 3.75. The number of benzene rings is 2. The van der Waals surface area contributed by atoms with Crippen molar-refractivity contribution in [2.75, 3.05) is 6.79 Å². The summed E-state index contributed by atoms with van der Waals surface area (Å²) in [7, 11) is 0. The van der Waals surface area contributed by atoms with Crippen LogP contribution in [0, 0.1) is 5.82 Å². The van der Waals surface area contributed by atoms with Gasteiger partial charge in [0.25, 0.3) is 0 Å². The first kappa shape index (κ1) is 10.4. The van der Waals surface area contributed by atoms with Gasteiger partial charge in [-0.2, -0.15) is 0 Å². The topological polar surface area (TPSA) is 34.2 Å². The summed E-state index contributed by atoms with van der Waals surface area (Å²) < 4.78 is 24.3. The molecule has 0 radical (unpaired) electrons. The van der Waals surface area contributed by atoms with Crippen molar-refractivity contribution in [1.82, 2.24) is 4.98 Å². The van der Waals surface area contributed by atoms with E-state index in [0.717, 1.165) is 28.1 Å². The normalized spacial score (nSPS) is 13.1. The van der Waals surface area contributed by atoms with E-state index >= 15 is 0 Å². The fraction of sp³-hybridized carbons (Fsp3) is 0.0667. The summed E-state index contributed by atoms with van der Waals surface area (Å²) in [6.45, 7) is 0.250.